The van der Waals surface area contributed by atoms with Crippen LogP contribution in [0.4, 0.5) is 0 Å². The third kappa shape index (κ3) is 1.99. The molecule has 1 heterocycles. The lowest BCUT2D eigenvalue weighted by molar-refractivity contribution is 0.0665. The van der Waals surface area contributed by atoms with Gasteiger partial charge in [0.05, 0.1) is 17.7 Å². The molecule has 98 valence electrons. The minimum atomic E-state index is -0.181. The van der Waals surface area contributed by atoms with E-state index in [1.54, 1.807) is 24.3 Å². The van der Waals surface area contributed by atoms with Crippen molar-refractivity contribution in [3.63, 3.8) is 0 Å². The molecule has 3 heteroatoms. The molecule has 0 aromatic heterocycles. The molecule has 2 amide bonds. The molecule has 0 unspecified atom stereocenters. The molecule has 1 saturated carbocycles. The summed E-state index contributed by atoms with van der Waals surface area (Å²) in [5.74, 6) is 0.115. The van der Waals surface area contributed by atoms with Crippen LogP contribution in [0.5, 0.6) is 0 Å². The third-order valence-electron chi connectivity index (χ3n) is 4.17. The Kier molecular flexibility index (Phi) is 2.97. The Bertz CT molecular complexity index is 521. The number of hydrogen-bond donors (Lipinski definition) is 0. The van der Waals surface area contributed by atoms with Crippen molar-refractivity contribution in [1.29, 1.82) is 0 Å². The number of fused-ring (bicyclic) bond motifs is 1. The average Bonchev–Trinajstić information content (AvgIpc) is 3.03. The largest absolute Gasteiger partial charge is 0.270 e. The van der Waals surface area contributed by atoms with E-state index in [4.69, 9.17) is 0 Å². The summed E-state index contributed by atoms with van der Waals surface area (Å²) in [7, 11) is 0. The van der Waals surface area contributed by atoms with Crippen molar-refractivity contribution >= 4 is 11.8 Å². The molecule has 0 atom stereocenters. The fourth-order valence-electron chi connectivity index (χ4n) is 3.05. The minimum absolute atomic E-state index is 0.181. The highest BCUT2D eigenvalue weighted by Gasteiger charge is 2.36. The van der Waals surface area contributed by atoms with Gasteiger partial charge >= 0.3 is 0 Å². The number of carbonyl (C=O) groups excluding carboxylic acids is 2. The maximum atomic E-state index is 12.2. The van der Waals surface area contributed by atoms with Gasteiger partial charge in [-0.2, -0.15) is 0 Å². The predicted octanol–water partition coefficient (Wildman–Crippen LogP) is 3.03. The number of hydrogen-bond acceptors (Lipinski definition) is 2. The number of nitrogens with zero attached hydrogens (tertiary/aromatic N) is 1. The first-order valence-electron chi connectivity index (χ1n) is 6.81. The van der Waals surface area contributed by atoms with Crippen molar-refractivity contribution in [2.24, 2.45) is 5.92 Å². The van der Waals surface area contributed by atoms with Crippen LogP contribution in [-0.2, 0) is 0 Å². The van der Waals surface area contributed by atoms with E-state index in [0.29, 0.717) is 23.6 Å². The van der Waals surface area contributed by atoms with E-state index in [0.717, 1.165) is 18.4 Å². The molecule has 3 rings (SSSR count). The Hall–Kier alpha value is -1.90. The minimum Gasteiger partial charge on any atom is -0.270 e. The fourth-order valence-corrected chi connectivity index (χ4v) is 3.05. The van der Waals surface area contributed by atoms with Crippen LogP contribution >= 0.6 is 0 Å². The SMILES string of the molecule is C=C(CN1C(=O)c2ccccc2C1=O)C1CCCC1. The third-order valence-corrected chi connectivity index (χ3v) is 4.17. The molecule has 0 spiro atoms. The first-order chi connectivity index (χ1) is 9.18. The van der Waals surface area contributed by atoms with Crippen molar-refractivity contribution in [3.05, 3.63) is 47.5 Å². The first-order valence-corrected chi connectivity index (χ1v) is 6.81. The van der Waals surface area contributed by atoms with Gasteiger partial charge in [0.25, 0.3) is 11.8 Å². The van der Waals surface area contributed by atoms with Crippen LogP contribution in [0.2, 0.25) is 0 Å². The topological polar surface area (TPSA) is 37.4 Å². The summed E-state index contributed by atoms with van der Waals surface area (Å²) in [4.78, 5) is 25.8. The molecule has 0 N–H and O–H groups in total. The van der Waals surface area contributed by atoms with Crippen LogP contribution in [0.3, 0.4) is 0 Å². The quantitative estimate of drug-likeness (QED) is 0.615. The van der Waals surface area contributed by atoms with Gasteiger partial charge in [-0.3, -0.25) is 14.5 Å². The molecule has 3 nitrogen and oxygen atoms in total. The van der Waals surface area contributed by atoms with E-state index in [2.05, 4.69) is 6.58 Å². The van der Waals surface area contributed by atoms with E-state index in [-0.39, 0.29) is 11.8 Å². The second kappa shape index (κ2) is 4.65. The van der Waals surface area contributed by atoms with E-state index < -0.39 is 0 Å². The van der Waals surface area contributed by atoms with Gasteiger partial charge in [-0.25, -0.2) is 0 Å². The zero-order valence-corrected chi connectivity index (χ0v) is 10.9. The van der Waals surface area contributed by atoms with E-state index in [1.807, 2.05) is 0 Å². The number of amides is 2. The van der Waals surface area contributed by atoms with Gasteiger partial charge < -0.3 is 0 Å². The number of imide groups is 1. The van der Waals surface area contributed by atoms with Gasteiger partial charge in [-0.05, 0) is 30.9 Å². The molecule has 1 aliphatic heterocycles. The average molecular weight is 255 g/mol. The molecule has 19 heavy (non-hydrogen) atoms. The summed E-state index contributed by atoms with van der Waals surface area (Å²) >= 11 is 0. The van der Waals surface area contributed by atoms with E-state index in [9.17, 15) is 9.59 Å². The molecule has 0 radical (unpaired) electrons. The smallest absolute Gasteiger partial charge is 0.261 e. The van der Waals surface area contributed by atoms with Gasteiger partial charge in [-0.1, -0.05) is 37.1 Å². The van der Waals surface area contributed by atoms with Crippen molar-refractivity contribution in [2.45, 2.75) is 25.7 Å². The summed E-state index contributed by atoms with van der Waals surface area (Å²) < 4.78 is 0. The Morgan fingerprint density at radius 1 is 1.11 bits per heavy atom. The molecule has 1 aromatic rings. The fraction of sp³-hybridized carbons (Fsp3) is 0.375. The van der Waals surface area contributed by atoms with Crippen LogP contribution in [0.1, 0.15) is 46.4 Å². The van der Waals surface area contributed by atoms with Crippen molar-refractivity contribution in [1.82, 2.24) is 4.90 Å². The second-order valence-electron chi connectivity index (χ2n) is 5.38. The van der Waals surface area contributed by atoms with Crippen molar-refractivity contribution in [3.8, 4) is 0 Å². The first kappa shape index (κ1) is 12.2. The highest BCUT2D eigenvalue weighted by Crippen LogP contribution is 2.32. The van der Waals surface area contributed by atoms with Crippen LogP contribution in [0.25, 0.3) is 0 Å². The van der Waals surface area contributed by atoms with Crippen LogP contribution in [-0.4, -0.2) is 23.3 Å². The van der Waals surface area contributed by atoms with Gasteiger partial charge in [0.2, 0.25) is 0 Å². The normalized spacial score (nSPS) is 19.1. The molecule has 1 fully saturated rings. The van der Waals surface area contributed by atoms with Crippen LogP contribution in [0.15, 0.2) is 36.4 Å². The molecule has 2 aliphatic rings. The van der Waals surface area contributed by atoms with Gasteiger partial charge in [0, 0.05) is 0 Å². The molecular formula is C16H17NO2. The lowest BCUT2D eigenvalue weighted by Gasteiger charge is -2.19. The number of rotatable bonds is 3. The molecule has 0 saturated heterocycles. The summed E-state index contributed by atoms with van der Waals surface area (Å²) in [5.41, 5.74) is 2.06. The van der Waals surface area contributed by atoms with Crippen LogP contribution < -0.4 is 0 Å². The highest BCUT2D eigenvalue weighted by atomic mass is 16.2. The standard InChI is InChI=1S/C16H17NO2/c1-11(12-6-2-3-7-12)10-17-15(18)13-8-4-5-9-14(13)16(17)19/h4-5,8-9,12H,1-3,6-7,10H2. The van der Waals surface area contributed by atoms with Crippen LogP contribution in [0, 0.1) is 5.92 Å². The van der Waals surface area contributed by atoms with Crippen molar-refractivity contribution in [2.75, 3.05) is 6.54 Å². The molecule has 0 bridgehead atoms. The van der Waals surface area contributed by atoms with Gasteiger partial charge in [-0.15, -0.1) is 0 Å². The second-order valence-corrected chi connectivity index (χ2v) is 5.38. The monoisotopic (exact) mass is 255 g/mol. The summed E-state index contributed by atoms with van der Waals surface area (Å²) in [6.45, 7) is 4.46. The maximum Gasteiger partial charge on any atom is 0.261 e. The summed E-state index contributed by atoms with van der Waals surface area (Å²) in [6, 6.07) is 7.01. The number of carbonyl (C=O) groups is 2. The lowest BCUT2D eigenvalue weighted by Crippen LogP contribution is -2.32. The van der Waals surface area contributed by atoms with E-state index in [1.165, 1.54) is 17.7 Å². The van der Waals surface area contributed by atoms with Gasteiger partial charge in [0.15, 0.2) is 0 Å². The maximum absolute atomic E-state index is 12.2. The number of benzene rings is 1. The zero-order valence-electron chi connectivity index (χ0n) is 10.9. The lowest BCUT2D eigenvalue weighted by atomic mass is 9.98. The predicted molar refractivity (Wildman–Crippen MR) is 72.9 cm³/mol. The Labute approximate surface area is 112 Å². The van der Waals surface area contributed by atoms with E-state index >= 15 is 0 Å². The molecular weight excluding hydrogens is 238 g/mol. The molecule has 1 aliphatic carbocycles. The highest BCUT2D eigenvalue weighted by molar-refractivity contribution is 6.21. The molecule has 1 aromatic carbocycles. The summed E-state index contributed by atoms with van der Waals surface area (Å²) in [6.07, 6.45) is 4.74. The van der Waals surface area contributed by atoms with Gasteiger partial charge in [0.1, 0.15) is 0 Å². The summed E-state index contributed by atoms with van der Waals surface area (Å²) in [5, 5.41) is 0. The van der Waals surface area contributed by atoms with Crippen molar-refractivity contribution < 1.29 is 9.59 Å². The Balaban J connectivity index is 1.78. The Morgan fingerprint density at radius 3 is 2.16 bits per heavy atom. The Morgan fingerprint density at radius 2 is 1.63 bits per heavy atom. The zero-order chi connectivity index (χ0) is 13.4.